The van der Waals surface area contributed by atoms with Gasteiger partial charge in [-0.25, -0.2) is 4.98 Å². The number of anilines is 1. The molecule has 1 amide bonds. The zero-order valence-electron chi connectivity index (χ0n) is 16.9. The fourth-order valence-corrected chi connectivity index (χ4v) is 5.79. The molecule has 33 heavy (non-hydrogen) atoms. The number of hydrogen-bond acceptors (Lipinski definition) is 6. The number of nitrogens with one attached hydrogen (secondary N) is 1. The third-order valence-electron chi connectivity index (χ3n) is 4.60. The van der Waals surface area contributed by atoms with Crippen LogP contribution in [0.5, 0.6) is 0 Å². The van der Waals surface area contributed by atoms with E-state index in [0.29, 0.717) is 15.4 Å². The number of carbonyl (C=O) groups is 1. The number of amides is 1. The summed E-state index contributed by atoms with van der Waals surface area (Å²) in [5.74, 6) is -0.855. The molecule has 3 aromatic heterocycles. The Morgan fingerprint density at radius 2 is 2.00 bits per heavy atom. The van der Waals surface area contributed by atoms with Crippen molar-refractivity contribution in [2.75, 3.05) is 11.1 Å². The van der Waals surface area contributed by atoms with E-state index in [1.54, 1.807) is 6.08 Å². The highest BCUT2D eigenvalue weighted by atomic mass is 32.2. The van der Waals surface area contributed by atoms with Crippen molar-refractivity contribution in [1.29, 1.82) is 0 Å². The van der Waals surface area contributed by atoms with Gasteiger partial charge in [0.05, 0.1) is 22.4 Å². The minimum atomic E-state index is -4.59. The number of hydrogen-bond donors (Lipinski definition) is 1. The molecule has 0 fully saturated rings. The highest BCUT2D eigenvalue weighted by Crippen LogP contribution is 2.36. The van der Waals surface area contributed by atoms with E-state index in [-0.39, 0.29) is 23.5 Å². The zero-order chi connectivity index (χ0) is 23.6. The molecule has 0 radical (unpaired) electrons. The molecule has 170 valence electrons. The minimum absolute atomic E-state index is 0.183. The Morgan fingerprint density at radius 3 is 2.70 bits per heavy atom. The predicted octanol–water partition coefficient (Wildman–Crippen LogP) is 6.12. The maximum atomic E-state index is 13.3. The number of benzene rings is 1. The summed E-state index contributed by atoms with van der Waals surface area (Å²) >= 11 is 3.83. The number of aromatic nitrogens is 2. The number of alkyl halides is 3. The topological polar surface area (TPSA) is 64.0 Å². The van der Waals surface area contributed by atoms with Crippen LogP contribution < -0.4 is 10.9 Å². The maximum absolute atomic E-state index is 13.3. The number of para-hydroxylation sites is 1. The molecule has 5 nitrogen and oxygen atoms in total. The Hall–Kier alpha value is -2.89. The van der Waals surface area contributed by atoms with E-state index in [1.165, 1.54) is 45.4 Å². The number of rotatable bonds is 7. The lowest BCUT2D eigenvalue weighted by molar-refractivity contribution is -0.137. The van der Waals surface area contributed by atoms with Gasteiger partial charge in [-0.05, 0) is 23.6 Å². The third-order valence-corrected chi connectivity index (χ3v) is 7.35. The van der Waals surface area contributed by atoms with Crippen molar-refractivity contribution in [2.45, 2.75) is 17.9 Å². The highest BCUT2D eigenvalue weighted by Gasteiger charge is 2.33. The van der Waals surface area contributed by atoms with Gasteiger partial charge in [-0.15, -0.1) is 29.3 Å². The van der Waals surface area contributed by atoms with E-state index >= 15 is 0 Å². The Balaban J connectivity index is 1.60. The molecule has 0 atom stereocenters. The molecular formula is C22H16F3N3O2S3. The van der Waals surface area contributed by atoms with E-state index in [4.69, 9.17) is 0 Å². The fourth-order valence-electron chi connectivity index (χ4n) is 3.17. The van der Waals surface area contributed by atoms with Crippen molar-refractivity contribution in [2.24, 2.45) is 0 Å². The van der Waals surface area contributed by atoms with Gasteiger partial charge in [0.2, 0.25) is 5.91 Å². The molecule has 0 unspecified atom stereocenters. The molecule has 0 bridgehead atoms. The lowest BCUT2D eigenvalue weighted by Gasteiger charge is -2.14. The summed E-state index contributed by atoms with van der Waals surface area (Å²) in [5, 5.41) is 6.90. The molecule has 0 aliphatic rings. The number of carbonyl (C=O) groups excluding carboxylic acids is 1. The van der Waals surface area contributed by atoms with Crippen molar-refractivity contribution in [1.82, 2.24) is 9.55 Å². The molecule has 0 aliphatic carbocycles. The first-order valence-electron chi connectivity index (χ1n) is 9.55. The fraction of sp³-hybridized carbons (Fsp3) is 0.136. The average Bonchev–Trinajstić information content (AvgIpc) is 3.44. The second-order valence-electron chi connectivity index (χ2n) is 6.79. The summed E-state index contributed by atoms with van der Waals surface area (Å²) in [6.07, 6.45) is -3.04. The standard InChI is InChI=1S/C22H16F3N3O2S3/c1-2-9-28-20(30)18-13(16-8-5-10-31-16)11-32-19(18)27-21(28)33-12-17(29)26-15-7-4-3-6-14(15)22(23,24)25/h2-8,10-11H,1,9,12H2,(H,26,29). The summed E-state index contributed by atoms with van der Waals surface area (Å²) in [6, 6.07) is 8.60. The number of thioether (sulfide) groups is 1. The van der Waals surface area contributed by atoms with Crippen LogP contribution in [0.2, 0.25) is 0 Å². The van der Waals surface area contributed by atoms with E-state index in [0.717, 1.165) is 28.3 Å². The van der Waals surface area contributed by atoms with Gasteiger partial charge in [0.1, 0.15) is 4.83 Å². The molecule has 1 aromatic carbocycles. The van der Waals surface area contributed by atoms with Crippen LogP contribution in [0.3, 0.4) is 0 Å². The molecule has 0 saturated carbocycles. The summed E-state index contributed by atoms with van der Waals surface area (Å²) < 4.78 is 40.9. The number of nitrogens with zero attached hydrogens (tertiary/aromatic N) is 2. The van der Waals surface area contributed by atoms with Crippen LogP contribution in [0, 0.1) is 0 Å². The number of fused-ring (bicyclic) bond motifs is 1. The molecule has 4 aromatic rings. The monoisotopic (exact) mass is 507 g/mol. The van der Waals surface area contributed by atoms with Gasteiger partial charge in [-0.2, -0.15) is 13.2 Å². The quantitative estimate of drug-likeness (QED) is 0.186. The highest BCUT2D eigenvalue weighted by molar-refractivity contribution is 7.99. The van der Waals surface area contributed by atoms with E-state index in [1.807, 2.05) is 22.9 Å². The van der Waals surface area contributed by atoms with Gasteiger partial charge in [0.25, 0.3) is 5.56 Å². The van der Waals surface area contributed by atoms with Crippen molar-refractivity contribution in [3.05, 3.63) is 75.7 Å². The first-order valence-corrected chi connectivity index (χ1v) is 12.3. The molecule has 1 N–H and O–H groups in total. The second kappa shape index (κ2) is 9.54. The maximum Gasteiger partial charge on any atom is 0.418 e. The SMILES string of the molecule is C=CCn1c(SCC(=O)Nc2ccccc2C(F)(F)F)nc2scc(-c3cccs3)c2c1=O. The van der Waals surface area contributed by atoms with Gasteiger partial charge in [-0.1, -0.05) is 36.0 Å². The Morgan fingerprint density at radius 1 is 1.21 bits per heavy atom. The minimum Gasteiger partial charge on any atom is -0.325 e. The lowest BCUT2D eigenvalue weighted by atomic mass is 10.1. The molecule has 0 spiro atoms. The average molecular weight is 508 g/mol. The van der Waals surface area contributed by atoms with Crippen LogP contribution >= 0.6 is 34.4 Å². The molecular weight excluding hydrogens is 491 g/mol. The summed E-state index contributed by atoms with van der Waals surface area (Å²) in [7, 11) is 0. The molecule has 0 saturated heterocycles. The van der Waals surface area contributed by atoms with Crippen molar-refractivity contribution < 1.29 is 18.0 Å². The Labute approximate surface area is 198 Å². The van der Waals surface area contributed by atoms with Crippen LogP contribution in [0.4, 0.5) is 18.9 Å². The molecule has 4 rings (SSSR count). The lowest BCUT2D eigenvalue weighted by Crippen LogP contribution is -2.24. The van der Waals surface area contributed by atoms with Gasteiger partial charge in [-0.3, -0.25) is 14.2 Å². The number of halogens is 3. The van der Waals surface area contributed by atoms with Crippen molar-refractivity contribution in [3.63, 3.8) is 0 Å². The second-order valence-corrected chi connectivity index (χ2v) is 9.53. The molecule has 3 heterocycles. The number of allylic oxidation sites excluding steroid dienone is 1. The van der Waals surface area contributed by atoms with Gasteiger partial charge >= 0.3 is 6.18 Å². The van der Waals surface area contributed by atoms with E-state index < -0.39 is 17.6 Å². The van der Waals surface area contributed by atoms with Crippen LogP contribution in [0.25, 0.3) is 20.7 Å². The van der Waals surface area contributed by atoms with E-state index in [2.05, 4.69) is 16.9 Å². The first-order chi connectivity index (χ1) is 15.8. The van der Waals surface area contributed by atoms with Crippen molar-refractivity contribution >= 4 is 56.2 Å². The molecule has 0 aliphatic heterocycles. The third kappa shape index (κ3) is 4.90. The Bertz CT molecular complexity index is 1380. The summed E-state index contributed by atoms with van der Waals surface area (Å²) in [4.78, 5) is 31.7. The van der Waals surface area contributed by atoms with Gasteiger partial charge in [0, 0.05) is 22.4 Å². The first kappa shape index (κ1) is 23.3. The van der Waals surface area contributed by atoms with Crippen LogP contribution in [-0.4, -0.2) is 21.2 Å². The summed E-state index contributed by atoms with van der Waals surface area (Å²) in [5.41, 5.74) is -0.694. The largest absolute Gasteiger partial charge is 0.418 e. The van der Waals surface area contributed by atoms with E-state index in [9.17, 15) is 22.8 Å². The smallest absolute Gasteiger partial charge is 0.325 e. The van der Waals surface area contributed by atoms with Gasteiger partial charge < -0.3 is 5.32 Å². The predicted molar refractivity (Wildman–Crippen MR) is 128 cm³/mol. The Kier molecular flexibility index (Phi) is 6.73. The van der Waals surface area contributed by atoms with Crippen LogP contribution in [0.15, 0.2) is 69.8 Å². The van der Waals surface area contributed by atoms with Gasteiger partial charge in [0.15, 0.2) is 5.16 Å². The zero-order valence-corrected chi connectivity index (χ0v) is 19.3. The summed E-state index contributed by atoms with van der Waals surface area (Å²) in [6.45, 7) is 3.87. The number of thiophene rings is 2. The van der Waals surface area contributed by atoms with Crippen LogP contribution in [0.1, 0.15) is 5.56 Å². The van der Waals surface area contributed by atoms with Crippen molar-refractivity contribution in [3.8, 4) is 10.4 Å². The molecule has 11 heteroatoms. The normalized spacial score (nSPS) is 11.6. The van der Waals surface area contributed by atoms with Crippen LogP contribution in [-0.2, 0) is 17.5 Å².